The summed E-state index contributed by atoms with van der Waals surface area (Å²) in [6, 6.07) is 3.83. The van der Waals surface area contributed by atoms with Crippen molar-refractivity contribution < 1.29 is 0 Å². The number of terminal acetylenes is 1. The molecule has 2 aromatic heterocycles. The number of nitrogens with zero attached hydrogens (tertiary/aromatic N) is 2. The van der Waals surface area contributed by atoms with Gasteiger partial charge in [0.25, 0.3) is 0 Å². The Morgan fingerprint density at radius 2 is 2.08 bits per heavy atom. The summed E-state index contributed by atoms with van der Waals surface area (Å²) >= 11 is 1.55. The molecule has 2 heterocycles. The van der Waals surface area contributed by atoms with Crippen LogP contribution in [0.2, 0.25) is 0 Å². The molecule has 0 radical (unpaired) electrons. The fourth-order valence-electron chi connectivity index (χ4n) is 0.967. The molecule has 0 spiro atoms. The van der Waals surface area contributed by atoms with E-state index in [1.54, 1.807) is 23.7 Å². The zero-order valence-electron chi connectivity index (χ0n) is 6.77. The molecule has 0 fully saturated rings. The maximum Gasteiger partial charge on any atom is 0.124 e. The molecule has 0 atom stereocenters. The van der Waals surface area contributed by atoms with E-state index in [0.717, 1.165) is 10.6 Å². The summed E-state index contributed by atoms with van der Waals surface area (Å²) in [5.74, 6) is 2.50. The van der Waals surface area contributed by atoms with E-state index < -0.39 is 0 Å². The highest BCUT2D eigenvalue weighted by atomic mass is 32.1. The van der Waals surface area contributed by atoms with Crippen LogP contribution in [0.15, 0.2) is 29.9 Å². The average Bonchev–Trinajstić information content (AvgIpc) is 2.67. The minimum atomic E-state index is 0.691. The van der Waals surface area contributed by atoms with Crippen LogP contribution in [-0.2, 0) is 0 Å². The van der Waals surface area contributed by atoms with Crippen molar-refractivity contribution in [1.29, 1.82) is 0 Å². The van der Waals surface area contributed by atoms with Gasteiger partial charge in [-0.1, -0.05) is 0 Å². The van der Waals surface area contributed by atoms with Crippen LogP contribution in [0, 0.1) is 12.3 Å². The normalized spacial score (nSPS) is 9.46. The SMILES string of the molecule is C#Cc1csc(-c2ccncc2)n1. The van der Waals surface area contributed by atoms with E-state index in [1.165, 1.54) is 0 Å². The van der Waals surface area contributed by atoms with Crippen molar-refractivity contribution in [3.63, 3.8) is 0 Å². The lowest BCUT2D eigenvalue weighted by atomic mass is 10.3. The van der Waals surface area contributed by atoms with Crippen molar-refractivity contribution in [3.8, 4) is 22.9 Å². The van der Waals surface area contributed by atoms with Crippen molar-refractivity contribution in [2.24, 2.45) is 0 Å². The van der Waals surface area contributed by atoms with Gasteiger partial charge in [0, 0.05) is 23.3 Å². The van der Waals surface area contributed by atoms with Gasteiger partial charge in [0.05, 0.1) is 0 Å². The smallest absolute Gasteiger partial charge is 0.124 e. The Balaban J connectivity index is 2.43. The van der Waals surface area contributed by atoms with Gasteiger partial charge >= 0.3 is 0 Å². The Morgan fingerprint density at radius 1 is 1.31 bits per heavy atom. The van der Waals surface area contributed by atoms with Crippen LogP contribution in [0.3, 0.4) is 0 Å². The lowest BCUT2D eigenvalue weighted by molar-refractivity contribution is 1.31. The number of hydrogen-bond donors (Lipinski definition) is 0. The maximum atomic E-state index is 5.22. The summed E-state index contributed by atoms with van der Waals surface area (Å²) in [5.41, 5.74) is 1.75. The fourth-order valence-corrected chi connectivity index (χ4v) is 1.73. The lowest BCUT2D eigenvalue weighted by Crippen LogP contribution is -1.77. The molecule has 2 aromatic rings. The second-order valence-electron chi connectivity index (χ2n) is 2.42. The molecule has 0 aliphatic heterocycles. The van der Waals surface area contributed by atoms with Gasteiger partial charge in [0.2, 0.25) is 0 Å². The summed E-state index contributed by atoms with van der Waals surface area (Å²) in [6.07, 6.45) is 8.71. The molecule has 0 amide bonds. The molecule has 0 bridgehead atoms. The first kappa shape index (κ1) is 7.96. The van der Waals surface area contributed by atoms with Crippen molar-refractivity contribution >= 4 is 11.3 Å². The Morgan fingerprint density at radius 3 is 2.69 bits per heavy atom. The largest absolute Gasteiger partial charge is 0.265 e. The van der Waals surface area contributed by atoms with Gasteiger partial charge in [-0.15, -0.1) is 17.8 Å². The average molecular weight is 186 g/mol. The first-order valence-corrected chi connectivity index (χ1v) is 4.60. The molecule has 0 saturated heterocycles. The van der Waals surface area contributed by atoms with E-state index >= 15 is 0 Å². The van der Waals surface area contributed by atoms with Crippen LogP contribution in [0.1, 0.15) is 5.69 Å². The van der Waals surface area contributed by atoms with Gasteiger partial charge < -0.3 is 0 Å². The molecule has 3 heteroatoms. The van der Waals surface area contributed by atoms with Gasteiger partial charge in [-0.25, -0.2) is 4.98 Å². The molecule has 2 rings (SSSR count). The molecule has 2 nitrogen and oxygen atoms in total. The zero-order chi connectivity index (χ0) is 9.10. The fraction of sp³-hybridized carbons (Fsp3) is 0. The first-order chi connectivity index (χ1) is 6.40. The lowest BCUT2D eigenvalue weighted by Gasteiger charge is -1.91. The number of thiazole rings is 1. The van der Waals surface area contributed by atoms with E-state index in [1.807, 2.05) is 17.5 Å². The van der Waals surface area contributed by atoms with E-state index in [0.29, 0.717) is 5.69 Å². The Labute approximate surface area is 80.3 Å². The van der Waals surface area contributed by atoms with Gasteiger partial charge in [-0.05, 0) is 18.1 Å². The highest BCUT2D eigenvalue weighted by molar-refractivity contribution is 7.13. The molecule has 0 saturated carbocycles. The van der Waals surface area contributed by atoms with E-state index in [4.69, 9.17) is 6.42 Å². The zero-order valence-corrected chi connectivity index (χ0v) is 7.58. The van der Waals surface area contributed by atoms with Gasteiger partial charge in [0.1, 0.15) is 10.7 Å². The van der Waals surface area contributed by atoms with Crippen molar-refractivity contribution in [3.05, 3.63) is 35.6 Å². The van der Waals surface area contributed by atoms with Crippen molar-refractivity contribution in [2.75, 3.05) is 0 Å². The van der Waals surface area contributed by atoms with E-state index in [9.17, 15) is 0 Å². The van der Waals surface area contributed by atoms with Crippen molar-refractivity contribution in [1.82, 2.24) is 9.97 Å². The van der Waals surface area contributed by atoms with E-state index in [2.05, 4.69) is 15.9 Å². The quantitative estimate of drug-likeness (QED) is 0.638. The molecule has 0 aliphatic carbocycles. The molecule has 0 N–H and O–H groups in total. The summed E-state index contributed by atoms with van der Waals surface area (Å²) in [6.45, 7) is 0. The Kier molecular flexibility index (Phi) is 2.07. The number of rotatable bonds is 1. The summed E-state index contributed by atoms with van der Waals surface area (Å²) in [7, 11) is 0. The molecule has 0 unspecified atom stereocenters. The topological polar surface area (TPSA) is 25.8 Å². The van der Waals surface area contributed by atoms with Gasteiger partial charge in [-0.3, -0.25) is 4.98 Å². The van der Waals surface area contributed by atoms with Crippen LogP contribution in [-0.4, -0.2) is 9.97 Å². The van der Waals surface area contributed by atoms with Gasteiger partial charge in [0.15, 0.2) is 0 Å². The molecule has 0 aliphatic rings. The predicted molar refractivity (Wildman–Crippen MR) is 53.3 cm³/mol. The van der Waals surface area contributed by atoms with Crippen LogP contribution in [0.5, 0.6) is 0 Å². The maximum absolute atomic E-state index is 5.22. The third kappa shape index (κ3) is 1.58. The third-order valence-electron chi connectivity index (χ3n) is 1.58. The highest BCUT2D eigenvalue weighted by Crippen LogP contribution is 2.22. The monoisotopic (exact) mass is 186 g/mol. The first-order valence-electron chi connectivity index (χ1n) is 3.72. The minimum Gasteiger partial charge on any atom is -0.265 e. The van der Waals surface area contributed by atoms with Crippen molar-refractivity contribution in [2.45, 2.75) is 0 Å². The second kappa shape index (κ2) is 3.38. The number of aromatic nitrogens is 2. The number of hydrogen-bond acceptors (Lipinski definition) is 3. The Bertz CT molecular complexity index is 439. The summed E-state index contributed by atoms with van der Waals surface area (Å²) < 4.78 is 0. The molecular weight excluding hydrogens is 180 g/mol. The number of pyridine rings is 1. The summed E-state index contributed by atoms with van der Waals surface area (Å²) in [4.78, 5) is 8.19. The predicted octanol–water partition coefficient (Wildman–Crippen LogP) is 2.19. The third-order valence-corrected chi connectivity index (χ3v) is 2.47. The molecule has 13 heavy (non-hydrogen) atoms. The van der Waals surface area contributed by atoms with E-state index in [-0.39, 0.29) is 0 Å². The standard InChI is InChI=1S/C10H6N2S/c1-2-9-7-13-10(12-9)8-3-5-11-6-4-8/h1,3-7H. The Hall–Kier alpha value is -1.66. The van der Waals surface area contributed by atoms with Crippen LogP contribution in [0.25, 0.3) is 10.6 Å². The van der Waals surface area contributed by atoms with Crippen LogP contribution >= 0.6 is 11.3 Å². The molecular formula is C10H6N2S. The molecule has 62 valence electrons. The second-order valence-corrected chi connectivity index (χ2v) is 3.28. The molecule has 0 aromatic carbocycles. The summed E-state index contributed by atoms with van der Waals surface area (Å²) in [5, 5.41) is 2.81. The highest BCUT2D eigenvalue weighted by Gasteiger charge is 2.01. The van der Waals surface area contributed by atoms with Crippen LogP contribution < -0.4 is 0 Å². The minimum absolute atomic E-state index is 0.691. The van der Waals surface area contributed by atoms with Crippen LogP contribution in [0.4, 0.5) is 0 Å². The van der Waals surface area contributed by atoms with Gasteiger partial charge in [-0.2, -0.15) is 0 Å².